The highest BCUT2D eigenvalue weighted by Gasteiger charge is 2.47. The number of halogens is 3. The predicted octanol–water partition coefficient (Wildman–Crippen LogP) is 4.91. The van der Waals surface area contributed by atoms with Crippen molar-refractivity contribution in [1.82, 2.24) is 39.6 Å². The van der Waals surface area contributed by atoms with Gasteiger partial charge in [-0.25, -0.2) is 9.78 Å². The number of rotatable bonds is 5. The van der Waals surface area contributed by atoms with E-state index in [1.165, 1.54) is 27.6 Å². The van der Waals surface area contributed by atoms with Crippen LogP contribution in [0.5, 0.6) is 0 Å². The number of benzene rings is 1. The van der Waals surface area contributed by atoms with Gasteiger partial charge in [0.2, 0.25) is 0 Å². The minimum absolute atomic E-state index is 0.00728. The Morgan fingerprint density at radius 2 is 1.90 bits per heavy atom. The second-order valence-corrected chi connectivity index (χ2v) is 10.4. The summed E-state index contributed by atoms with van der Waals surface area (Å²) in [6.07, 6.45) is -4.15. The molecule has 41 heavy (non-hydrogen) atoms. The van der Waals surface area contributed by atoms with Crippen LogP contribution < -0.4 is 5.32 Å². The normalized spacial score (nSPS) is 17.0. The lowest BCUT2D eigenvalue weighted by molar-refractivity contribution is -0.184. The molecule has 5 heterocycles. The third-order valence-electron chi connectivity index (χ3n) is 7.59. The molecule has 212 valence electrons. The maximum absolute atomic E-state index is 14.4. The number of carboxylic acid groups (broad SMARTS) is 1. The highest BCUT2D eigenvalue weighted by Crippen LogP contribution is 2.40. The molecule has 1 aliphatic rings. The van der Waals surface area contributed by atoms with Gasteiger partial charge in [0, 0.05) is 43.3 Å². The molecule has 1 fully saturated rings. The molecule has 0 saturated carbocycles. The number of fused-ring (bicyclic) bond motifs is 2. The van der Waals surface area contributed by atoms with Gasteiger partial charge in [-0.05, 0) is 49.6 Å². The number of nitrogens with zero attached hydrogens (tertiary/aromatic N) is 7. The number of carbonyl (C=O) groups is 1. The van der Waals surface area contributed by atoms with Gasteiger partial charge in [-0.1, -0.05) is 24.3 Å². The van der Waals surface area contributed by atoms with Crippen molar-refractivity contribution in [2.45, 2.75) is 38.5 Å². The van der Waals surface area contributed by atoms with E-state index in [1.54, 1.807) is 6.07 Å². The first-order chi connectivity index (χ1) is 19.5. The Morgan fingerprint density at radius 3 is 2.61 bits per heavy atom. The van der Waals surface area contributed by atoms with E-state index in [4.69, 9.17) is 10.1 Å². The fourth-order valence-corrected chi connectivity index (χ4v) is 5.76. The van der Waals surface area contributed by atoms with Crippen molar-refractivity contribution >= 4 is 22.6 Å². The number of amides is 1. The zero-order valence-corrected chi connectivity index (χ0v) is 22.5. The van der Waals surface area contributed by atoms with Crippen molar-refractivity contribution < 1.29 is 23.1 Å². The van der Waals surface area contributed by atoms with Crippen molar-refractivity contribution in [1.29, 1.82) is 0 Å². The van der Waals surface area contributed by atoms with Gasteiger partial charge in [-0.2, -0.15) is 18.3 Å². The molecular formula is C28H27F3N8O2. The highest BCUT2D eigenvalue weighted by molar-refractivity contribution is 5.89. The molecule has 2 N–H and O–H groups in total. The summed E-state index contributed by atoms with van der Waals surface area (Å²) < 4.78 is 46.5. The topological polar surface area (TPSA) is 113 Å². The first kappa shape index (κ1) is 26.7. The molecule has 0 spiro atoms. The van der Waals surface area contributed by atoms with Crippen LogP contribution in [-0.4, -0.2) is 70.8 Å². The Kier molecular flexibility index (Phi) is 6.40. The minimum atomic E-state index is -4.58. The van der Waals surface area contributed by atoms with Gasteiger partial charge in [0.15, 0.2) is 11.5 Å². The molecule has 1 amide bonds. The summed E-state index contributed by atoms with van der Waals surface area (Å²) in [4.78, 5) is 17.2. The van der Waals surface area contributed by atoms with Crippen LogP contribution in [0, 0.1) is 13.8 Å². The van der Waals surface area contributed by atoms with Crippen LogP contribution in [0.2, 0.25) is 0 Å². The number of aromatic nitrogens is 6. The average Bonchev–Trinajstić information content (AvgIpc) is 3.61. The number of hydrogen-bond acceptors (Lipinski definition) is 6. The van der Waals surface area contributed by atoms with Crippen molar-refractivity contribution in [2.75, 3.05) is 13.1 Å². The maximum Gasteiger partial charge on any atom is 0.408 e. The molecule has 1 aromatic carbocycles. The van der Waals surface area contributed by atoms with E-state index >= 15 is 0 Å². The summed E-state index contributed by atoms with van der Waals surface area (Å²) in [5, 5.41) is 25.1. The van der Waals surface area contributed by atoms with Crippen LogP contribution in [0.3, 0.4) is 0 Å². The number of hydrogen-bond donors (Lipinski definition) is 2. The molecule has 1 unspecified atom stereocenters. The zero-order chi connectivity index (χ0) is 29.1. The number of likely N-dealkylation sites (tertiary alicyclic amines) is 1. The number of aryl methyl sites for hydroxylation is 3. The third kappa shape index (κ3) is 4.86. The monoisotopic (exact) mass is 564 g/mol. The second kappa shape index (κ2) is 9.84. The van der Waals surface area contributed by atoms with E-state index < -0.39 is 24.4 Å². The molecule has 2 atom stereocenters. The van der Waals surface area contributed by atoms with Gasteiger partial charge in [0.25, 0.3) is 0 Å². The Hall–Kier alpha value is -4.52. The van der Waals surface area contributed by atoms with Crippen LogP contribution in [0.15, 0.2) is 48.7 Å². The molecule has 1 aliphatic heterocycles. The lowest BCUT2D eigenvalue weighted by atomic mass is 10.0. The molecule has 0 aliphatic carbocycles. The largest absolute Gasteiger partial charge is 0.465 e. The van der Waals surface area contributed by atoms with Gasteiger partial charge < -0.3 is 10.4 Å². The van der Waals surface area contributed by atoms with E-state index in [9.17, 15) is 18.0 Å². The summed E-state index contributed by atoms with van der Waals surface area (Å²) >= 11 is 0. The molecule has 13 heteroatoms. The Labute approximate surface area is 232 Å². The van der Waals surface area contributed by atoms with E-state index in [0.717, 1.165) is 33.4 Å². The minimum Gasteiger partial charge on any atom is -0.465 e. The summed E-state index contributed by atoms with van der Waals surface area (Å²) in [5.74, 6) is 0.317. The molecular weight excluding hydrogens is 537 g/mol. The van der Waals surface area contributed by atoms with E-state index in [-0.39, 0.29) is 18.7 Å². The Morgan fingerprint density at radius 1 is 1.12 bits per heavy atom. The van der Waals surface area contributed by atoms with Crippen molar-refractivity contribution in [3.8, 4) is 22.8 Å². The Bertz CT molecular complexity index is 1790. The fraction of sp³-hybridized carbons (Fsp3) is 0.321. The summed E-state index contributed by atoms with van der Waals surface area (Å²) in [7, 11) is 1.88. The summed E-state index contributed by atoms with van der Waals surface area (Å²) in [6.45, 7) is 3.96. The maximum atomic E-state index is 14.4. The van der Waals surface area contributed by atoms with Crippen molar-refractivity contribution in [3.05, 3.63) is 65.5 Å². The van der Waals surface area contributed by atoms with Crippen molar-refractivity contribution in [3.63, 3.8) is 0 Å². The first-order valence-electron chi connectivity index (χ1n) is 13.1. The van der Waals surface area contributed by atoms with Gasteiger partial charge >= 0.3 is 12.3 Å². The highest BCUT2D eigenvalue weighted by atomic mass is 19.4. The van der Waals surface area contributed by atoms with Crippen LogP contribution in [0.25, 0.3) is 39.3 Å². The van der Waals surface area contributed by atoms with Crippen LogP contribution in [0.4, 0.5) is 18.0 Å². The quantitative estimate of drug-likeness (QED) is 0.312. The van der Waals surface area contributed by atoms with Gasteiger partial charge in [0.05, 0.1) is 16.9 Å². The van der Waals surface area contributed by atoms with Crippen LogP contribution >= 0.6 is 0 Å². The average molecular weight is 565 g/mol. The molecule has 6 rings (SSSR count). The summed E-state index contributed by atoms with van der Waals surface area (Å²) in [5.41, 5.74) is 5.38. The molecule has 5 aromatic rings. The fourth-order valence-electron chi connectivity index (χ4n) is 5.76. The molecule has 10 nitrogen and oxygen atoms in total. The zero-order valence-electron chi connectivity index (χ0n) is 22.5. The first-order valence-corrected chi connectivity index (χ1v) is 13.1. The number of nitrogens with one attached hydrogen (secondary N) is 1. The SMILES string of the molecule is Cc1cc(-c2ccc3ccc(-c4nnc5ccc([C@@H](N6CCC(NC(=O)O)C6)C(F)(F)F)cn45)nc3c2C)n(C)n1. The van der Waals surface area contributed by atoms with E-state index in [1.807, 2.05) is 49.8 Å². The molecule has 4 aromatic heterocycles. The molecule has 0 bridgehead atoms. The molecule has 1 saturated heterocycles. The Balaban J connectivity index is 1.41. The van der Waals surface area contributed by atoms with Crippen LogP contribution in [-0.2, 0) is 7.05 Å². The molecule has 0 radical (unpaired) electrons. The second-order valence-electron chi connectivity index (χ2n) is 10.4. The van der Waals surface area contributed by atoms with Gasteiger partial charge in [0.1, 0.15) is 11.7 Å². The smallest absolute Gasteiger partial charge is 0.408 e. The van der Waals surface area contributed by atoms with Gasteiger partial charge in [-0.15, -0.1) is 10.2 Å². The van der Waals surface area contributed by atoms with Gasteiger partial charge in [-0.3, -0.25) is 14.0 Å². The van der Waals surface area contributed by atoms with E-state index in [2.05, 4.69) is 20.6 Å². The van der Waals surface area contributed by atoms with Crippen LogP contribution in [0.1, 0.15) is 29.3 Å². The third-order valence-corrected chi connectivity index (χ3v) is 7.59. The van der Waals surface area contributed by atoms with Crippen molar-refractivity contribution in [2.24, 2.45) is 7.05 Å². The summed E-state index contributed by atoms with van der Waals surface area (Å²) in [6, 6.07) is 10.1. The van der Waals surface area contributed by atoms with E-state index in [0.29, 0.717) is 23.6 Å². The lowest BCUT2D eigenvalue weighted by Crippen LogP contribution is -2.40. The number of pyridine rings is 2. The lowest BCUT2D eigenvalue weighted by Gasteiger charge is -2.30. The predicted molar refractivity (Wildman–Crippen MR) is 145 cm³/mol. The number of alkyl halides is 3. The standard InChI is InChI=1S/C28H27F3N8O2/c1-15-12-22(37(3)36-15)20-7-4-17-5-8-21(33-24(17)16(20)2)26-35-34-23-9-6-18(13-39(23)26)25(28(29,30)31)38-11-10-19(14-38)32-27(40)41/h4-9,12-13,19,25,32H,10-11,14H2,1-3H3,(H,40,41)/t19?,25-/m1/s1.